The van der Waals surface area contributed by atoms with Crippen molar-refractivity contribution in [2.75, 3.05) is 11.1 Å². The molecule has 2 aromatic rings. The van der Waals surface area contributed by atoms with Gasteiger partial charge in [-0.05, 0) is 12.5 Å². The molecule has 0 amide bonds. The van der Waals surface area contributed by atoms with Gasteiger partial charge in [0.15, 0.2) is 5.82 Å². The van der Waals surface area contributed by atoms with Gasteiger partial charge in [-0.2, -0.15) is 41.3 Å². The minimum atomic E-state index is -4.81. The van der Waals surface area contributed by atoms with Gasteiger partial charge in [-0.1, -0.05) is 6.92 Å². The van der Waals surface area contributed by atoms with E-state index in [4.69, 9.17) is 5.73 Å². The highest BCUT2D eigenvalue weighted by Gasteiger charge is 2.39. The lowest BCUT2D eigenvalue weighted by atomic mass is 10.2. The molecule has 0 aliphatic rings. The Morgan fingerprint density at radius 1 is 1.08 bits per heavy atom. The van der Waals surface area contributed by atoms with Crippen molar-refractivity contribution in [3.8, 4) is 11.5 Å². The standard InChI is InChI=1S/C12H11F6N7/c1-2-6(11(13,14)15)22-10-24-7(23-9(19)25-10)5-3-4-20-8(21-5)12(16,17)18/h3-4,6H,2H2,1H3,(H3,19,22,23,24,25). The molecule has 0 saturated heterocycles. The van der Waals surface area contributed by atoms with E-state index in [-0.39, 0.29) is 12.1 Å². The predicted octanol–water partition coefficient (Wildman–Crippen LogP) is 2.68. The Morgan fingerprint density at radius 3 is 2.32 bits per heavy atom. The molecule has 7 nitrogen and oxygen atoms in total. The van der Waals surface area contributed by atoms with Crippen molar-refractivity contribution in [2.45, 2.75) is 31.7 Å². The van der Waals surface area contributed by atoms with Crippen molar-refractivity contribution in [1.29, 1.82) is 0 Å². The molecule has 0 aliphatic carbocycles. The third-order valence-electron chi connectivity index (χ3n) is 2.90. The fourth-order valence-corrected chi connectivity index (χ4v) is 1.76. The molecular formula is C12H11F6N7. The number of nitrogens with one attached hydrogen (secondary N) is 1. The minimum absolute atomic E-state index is 0.323. The summed E-state index contributed by atoms with van der Waals surface area (Å²) in [5, 5.41) is 2.03. The average molecular weight is 367 g/mol. The number of nitrogen functional groups attached to an aromatic ring is 1. The molecule has 1 unspecified atom stereocenters. The second kappa shape index (κ2) is 6.64. The van der Waals surface area contributed by atoms with E-state index >= 15 is 0 Å². The molecule has 0 bridgehead atoms. The van der Waals surface area contributed by atoms with E-state index in [9.17, 15) is 26.3 Å². The fraction of sp³-hybridized carbons (Fsp3) is 0.417. The van der Waals surface area contributed by atoms with Gasteiger partial charge >= 0.3 is 12.4 Å². The maximum Gasteiger partial charge on any atom is 0.451 e. The highest BCUT2D eigenvalue weighted by atomic mass is 19.4. The zero-order chi connectivity index (χ0) is 18.8. The van der Waals surface area contributed by atoms with Crippen molar-refractivity contribution in [1.82, 2.24) is 24.9 Å². The van der Waals surface area contributed by atoms with Crippen molar-refractivity contribution in [2.24, 2.45) is 0 Å². The van der Waals surface area contributed by atoms with Gasteiger partial charge in [-0.25, -0.2) is 9.97 Å². The highest BCUT2D eigenvalue weighted by Crippen LogP contribution is 2.28. The SMILES string of the molecule is CCC(Nc1nc(N)nc(-c2ccnc(C(F)(F)F)n2)n1)C(F)(F)F. The van der Waals surface area contributed by atoms with Crippen LogP contribution in [-0.4, -0.2) is 37.1 Å². The summed E-state index contributed by atoms with van der Waals surface area (Å²) >= 11 is 0. The van der Waals surface area contributed by atoms with Crippen LogP contribution in [0.3, 0.4) is 0 Å². The first-order chi connectivity index (χ1) is 11.5. The molecule has 0 fully saturated rings. The van der Waals surface area contributed by atoms with Gasteiger partial charge in [-0.15, -0.1) is 0 Å². The molecule has 2 heterocycles. The maximum atomic E-state index is 12.8. The van der Waals surface area contributed by atoms with Gasteiger partial charge in [0.25, 0.3) is 0 Å². The van der Waals surface area contributed by atoms with E-state index < -0.39 is 41.9 Å². The van der Waals surface area contributed by atoms with Gasteiger partial charge in [0.2, 0.25) is 17.7 Å². The molecule has 1 atom stereocenters. The van der Waals surface area contributed by atoms with Crippen LogP contribution in [-0.2, 0) is 6.18 Å². The summed E-state index contributed by atoms with van der Waals surface area (Å²) in [5.41, 5.74) is 5.04. The summed E-state index contributed by atoms with van der Waals surface area (Å²) in [6.45, 7) is 1.29. The average Bonchev–Trinajstić information content (AvgIpc) is 2.50. The molecule has 13 heteroatoms. The van der Waals surface area contributed by atoms with Crippen molar-refractivity contribution >= 4 is 11.9 Å². The topological polar surface area (TPSA) is 102 Å². The quantitative estimate of drug-likeness (QED) is 0.801. The number of rotatable bonds is 4. The summed E-state index contributed by atoms with van der Waals surface area (Å²) in [4.78, 5) is 17.1. The van der Waals surface area contributed by atoms with Gasteiger partial charge in [0.05, 0.1) is 0 Å². The monoisotopic (exact) mass is 367 g/mol. The highest BCUT2D eigenvalue weighted by molar-refractivity contribution is 5.52. The molecule has 2 rings (SSSR count). The van der Waals surface area contributed by atoms with Crippen LogP contribution in [0, 0.1) is 0 Å². The van der Waals surface area contributed by atoms with Gasteiger partial charge in [-0.3, -0.25) is 0 Å². The molecule has 0 radical (unpaired) electrons. The number of nitrogens with zero attached hydrogens (tertiary/aromatic N) is 5. The molecular weight excluding hydrogens is 356 g/mol. The lowest BCUT2D eigenvalue weighted by molar-refractivity contribution is -0.145. The maximum absolute atomic E-state index is 12.8. The molecule has 25 heavy (non-hydrogen) atoms. The lowest BCUT2D eigenvalue weighted by Crippen LogP contribution is -2.36. The zero-order valence-corrected chi connectivity index (χ0v) is 12.5. The van der Waals surface area contributed by atoms with E-state index in [2.05, 4.69) is 24.9 Å². The van der Waals surface area contributed by atoms with Gasteiger partial charge in [0.1, 0.15) is 11.7 Å². The first-order valence-electron chi connectivity index (χ1n) is 6.76. The number of nitrogens with two attached hydrogens (primary N) is 1. The van der Waals surface area contributed by atoms with Gasteiger partial charge in [0, 0.05) is 6.20 Å². The van der Waals surface area contributed by atoms with Crippen LogP contribution in [0.25, 0.3) is 11.5 Å². The Bertz CT molecular complexity index is 745. The Labute approximate surface area is 136 Å². The van der Waals surface area contributed by atoms with E-state index in [0.29, 0.717) is 0 Å². The van der Waals surface area contributed by atoms with Gasteiger partial charge < -0.3 is 11.1 Å². The van der Waals surface area contributed by atoms with Crippen LogP contribution in [0.5, 0.6) is 0 Å². The predicted molar refractivity (Wildman–Crippen MR) is 74.0 cm³/mol. The second-order valence-electron chi connectivity index (χ2n) is 4.75. The van der Waals surface area contributed by atoms with Crippen LogP contribution in [0.4, 0.5) is 38.2 Å². The number of hydrogen-bond donors (Lipinski definition) is 2. The number of halogens is 6. The second-order valence-corrected chi connectivity index (χ2v) is 4.75. The van der Waals surface area contributed by atoms with E-state index in [1.165, 1.54) is 6.92 Å². The third kappa shape index (κ3) is 4.64. The number of anilines is 2. The Morgan fingerprint density at radius 2 is 1.76 bits per heavy atom. The lowest BCUT2D eigenvalue weighted by Gasteiger charge is -2.20. The fourth-order valence-electron chi connectivity index (χ4n) is 1.76. The Balaban J connectivity index is 2.40. The molecule has 2 aromatic heterocycles. The molecule has 0 saturated carbocycles. The number of aromatic nitrogens is 5. The van der Waals surface area contributed by atoms with Crippen LogP contribution in [0.15, 0.2) is 12.3 Å². The smallest absolute Gasteiger partial charge is 0.368 e. The zero-order valence-electron chi connectivity index (χ0n) is 12.5. The first kappa shape index (κ1) is 18.6. The van der Waals surface area contributed by atoms with Crippen molar-refractivity contribution in [3.05, 3.63) is 18.1 Å². The molecule has 0 aliphatic heterocycles. The summed E-state index contributed by atoms with van der Waals surface area (Å²) in [6, 6.07) is -0.896. The van der Waals surface area contributed by atoms with Crippen LogP contribution < -0.4 is 11.1 Å². The molecule has 136 valence electrons. The summed E-state index contributed by atoms with van der Waals surface area (Å²) in [7, 11) is 0. The molecule has 0 aromatic carbocycles. The minimum Gasteiger partial charge on any atom is -0.368 e. The number of hydrogen-bond acceptors (Lipinski definition) is 7. The number of alkyl halides is 6. The Hall–Kier alpha value is -2.73. The summed E-state index contributed by atoms with van der Waals surface area (Å²) in [6.07, 6.45) is -8.88. The largest absolute Gasteiger partial charge is 0.451 e. The Kier molecular flexibility index (Phi) is 4.94. The third-order valence-corrected chi connectivity index (χ3v) is 2.90. The van der Waals surface area contributed by atoms with Crippen molar-refractivity contribution < 1.29 is 26.3 Å². The normalized spacial score (nSPS) is 13.6. The molecule has 0 spiro atoms. The molecule has 3 N–H and O–H groups in total. The summed E-state index contributed by atoms with van der Waals surface area (Å²) < 4.78 is 76.4. The van der Waals surface area contributed by atoms with Crippen molar-refractivity contribution in [3.63, 3.8) is 0 Å². The van der Waals surface area contributed by atoms with Crippen LogP contribution in [0.2, 0.25) is 0 Å². The van der Waals surface area contributed by atoms with Crippen LogP contribution in [0.1, 0.15) is 19.2 Å². The van der Waals surface area contributed by atoms with Crippen LogP contribution >= 0.6 is 0 Å². The first-order valence-corrected chi connectivity index (χ1v) is 6.76. The van der Waals surface area contributed by atoms with E-state index in [1.807, 2.05) is 5.32 Å². The van der Waals surface area contributed by atoms with E-state index in [1.54, 1.807) is 0 Å². The van der Waals surface area contributed by atoms with E-state index in [0.717, 1.165) is 12.3 Å². The summed E-state index contributed by atoms with van der Waals surface area (Å²) in [5.74, 6) is -2.87.